The van der Waals surface area contributed by atoms with Gasteiger partial charge in [0.25, 0.3) is 5.91 Å². The Morgan fingerprint density at radius 2 is 1.60 bits per heavy atom. The number of benzene rings is 3. The van der Waals surface area contributed by atoms with Gasteiger partial charge in [0.1, 0.15) is 12.4 Å². The molecule has 0 aliphatic heterocycles. The highest BCUT2D eigenvalue weighted by Crippen LogP contribution is 2.44. The average molecular weight is 478 g/mol. The molecule has 1 aliphatic rings. The summed E-state index contributed by atoms with van der Waals surface area (Å²) in [5, 5.41) is 23.2. The second kappa shape index (κ2) is 9.94. The molecule has 4 N–H and O–H groups in total. The molecule has 0 heterocycles. The summed E-state index contributed by atoms with van der Waals surface area (Å²) in [5.41, 5.74) is 3.96. The number of anilines is 1. The van der Waals surface area contributed by atoms with E-state index in [0.29, 0.717) is 0 Å². The predicted molar refractivity (Wildman–Crippen MR) is 126 cm³/mol. The van der Waals surface area contributed by atoms with E-state index in [0.717, 1.165) is 34.4 Å². The molecule has 0 bridgehead atoms. The number of carbonyl (C=O) groups is 3. The van der Waals surface area contributed by atoms with Crippen LogP contribution in [-0.2, 0) is 9.53 Å². The first-order chi connectivity index (χ1) is 16.7. The third kappa shape index (κ3) is 5.15. The first-order valence-electron chi connectivity index (χ1n) is 10.9. The number of amides is 2. The zero-order valence-electron chi connectivity index (χ0n) is 18.7. The standard InChI is InChI=1S/C26H23FN2O6/c1-14(30)23(25(32)33)29-24(31)15-10-16(27)12-17(11-15)28-26(34)35-13-22-20-8-4-2-6-18(20)19-7-3-5-9-21(19)22/h2-12,14,22-23,30H,13H2,1H3,(H,28,34)(H,29,31)(H,32,33). The van der Waals surface area contributed by atoms with Crippen LogP contribution in [0.1, 0.15) is 34.3 Å². The van der Waals surface area contributed by atoms with Gasteiger partial charge in [-0.05, 0) is 47.4 Å². The highest BCUT2D eigenvalue weighted by Gasteiger charge is 2.29. The second-order valence-electron chi connectivity index (χ2n) is 8.21. The van der Waals surface area contributed by atoms with E-state index < -0.39 is 35.9 Å². The SMILES string of the molecule is CC(O)C(NC(=O)c1cc(F)cc(NC(=O)OCC2c3ccccc3-c3ccccc32)c1)C(=O)O. The molecule has 180 valence electrons. The van der Waals surface area contributed by atoms with E-state index in [9.17, 15) is 23.9 Å². The molecule has 0 saturated carbocycles. The summed E-state index contributed by atoms with van der Waals surface area (Å²) in [4.78, 5) is 36.1. The van der Waals surface area contributed by atoms with E-state index in [1.54, 1.807) is 0 Å². The molecule has 3 aromatic rings. The highest BCUT2D eigenvalue weighted by molar-refractivity contribution is 5.98. The number of aliphatic hydroxyl groups excluding tert-OH is 1. The maximum atomic E-state index is 14.1. The number of hydrogen-bond donors (Lipinski definition) is 4. The van der Waals surface area contributed by atoms with E-state index in [2.05, 4.69) is 10.6 Å². The van der Waals surface area contributed by atoms with Gasteiger partial charge in [0, 0.05) is 17.2 Å². The number of nitrogens with one attached hydrogen (secondary N) is 2. The second-order valence-corrected chi connectivity index (χ2v) is 8.21. The first kappa shape index (κ1) is 23.9. The number of aliphatic carboxylic acids is 1. The van der Waals surface area contributed by atoms with Crippen LogP contribution in [0.4, 0.5) is 14.9 Å². The Balaban J connectivity index is 1.44. The molecule has 9 heteroatoms. The third-order valence-electron chi connectivity index (χ3n) is 5.79. The Kier molecular flexibility index (Phi) is 6.79. The lowest BCUT2D eigenvalue weighted by atomic mass is 9.98. The van der Waals surface area contributed by atoms with Gasteiger partial charge >= 0.3 is 12.1 Å². The Labute approximate surface area is 200 Å². The average Bonchev–Trinajstić information content (AvgIpc) is 3.14. The van der Waals surface area contributed by atoms with Crippen LogP contribution in [0.25, 0.3) is 11.1 Å². The number of hydrogen-bond acceptors (Lipinski definition) is 5. The molecule has 2 unspecified atom stereocenters. The van der Waals surface area contributed by atoms with Crippen molar-refractivity contribution in [2.24, 2.45) is 0 Å². The number of halogens is 1. The summed E-state index contributed by atoms with van der Waals surface area (Å²) in [7, 11) is 0. The van der Waals surface area contributed by atoms with Gasteiger partial charge < -0.3 is 20.3 Å². The number of rotatable bonds is 7. The molecular weight excluding hydrogens is 455 g/mol. The number of carboxylic acid groups (broad SMARTS) is 1. The fourth-order valence-corrected chi connectivity index (χ4v) is 4.16. The summed E-state index contributed by atoms with van der Waals surface area (Å²) in [6.45, 7) is 1.26. The van der Waals surface area contributed by atoms with Crippen LogP contribution >= 0.6 is 0 Å². The largest absolute Gasteiger partial charge is 0.480 e. The molecule has 35 heavy (non-hydrogen) atoms. The molecule has 1 aliphatic carbocycles. The molecule has 2 atom stereocenters. The van der Waals surface area contributed by atoms with Gasteiger partial charge in [0.15, 0.2) is 6.04 Å². The quantitative estimate of drug-likeness (QED) is 0.410. The van der Waals surface area contributed by atoms with Crippen molar-refractivity contribution in [3.05, 3.63) is 89.2 Å². The maximum absolute atomic E-state index is 14.1. The lowest BCUT2D eigenvalue weighted by molar-refractivity contribution is -0.141. The van der Waals surface area contributed by atoms with Crippen LogP contribution in [0.5, 0.6) is 0 Å². The number of aliphatic hydroxyl groups is 1. The summed E-state index contributed by atoms with van der Waals surface area (Å²) in [6.07, 6.45) is -2.21. The molecule has 8 nitrogen and oxygen atoms in total. The van der Waals surface area contributed by atoms with Crippen molar-refractivity contribution < 1.29 is 33.7 Å². The van der Waals surface area contributed by atoms with Gasteiger partial charge in [-0.1, -0.05) is 48.5 Å². The van der Waals surface area contributed by atoms with Gasteiger partial charge in [-0.3, -0.25) is 10.1 Å². The lowest BCUT2D eigenvalue weighted by Gasteiger charge is -2.17. The van der Waals surface area contributed by atoms with Gasteiger partial charge in [0.05, 0.1) is 6.10 Å². The summed E-state index contributed by atoms with van der Waals surface area (Å²) >= 11 is 0. The molecule has 0 radical (unpaired) electrons. The lowest BCUT2D eigenvalue weighted by Crippen LogP contribution is -2.47. The molecule has 0 fully saturated rings. The number of carbonyl (C=O) groups excluding carboxylic acids is 2. The first-order valence-corrected chi connectivity index (χ1v) is 10.9. The van der Waals surface area contributed by atoms with Gasteiger partial charge in [0.2, 0.25) is 0 Å². The number of ether oxygens (including phenoxy) is 1. The number of carboxylic acids is 1. The minimum atomic E-state index is -1.58. The van der Waals surface area contributed by atoms with Gasteiger partial charge in [-0.25, -0.2) is 14.0 Å². The van der Waals surface area contributed by atoms with Crippen molar-refractivity contribution in [2.75, 3.05) is 11.9 Å². The minimum Gasteiger partial charge on any atom is -0.480 e. The van der Waals surface area contributed by atoms with E-state index in [-0.39, 0.29) is 23.8 Å². The Bertz CT molecular complexity index is 1250. The summed E-state index contributed by atoms with van der Waals surface area (Å²) in [5.74, 6) is -3.35. The van der Waals surface area contributed by atoms with Crippen LogP contribution in [0, 0.1) is 5.82 Å². The molecule has 2 amide bonds. The van der Waals surface area contributed by atoms with E-state index in [4.69, 9.17) is 9.84 Å². The van der Waals surface area contributed by atoms with E-state index >= 15 is 0 Å². The number of fused-ring (bicyclic) bond motifs is 3. The van der Waals surface area contributed by atoms with Crippen molar-refractivity contribution >= 4 is 23.7 Å². The van der Waals surface area contributed by atoms with Crippen LogP contribution in [0.2, 0.25) is 0 Å². The Morgan fingerprint density at radius 1 is 1.00 bits per heavy atom. The van der Waals surface area contributed by atoms with Crippen molar-refractivity contribution in [3.8, 4) is 11.1 Å². The van der Waals surface area contributed by atoms with Crippen molar-refractivity contribution in [2.45, 2.75) is 25.0 Å². The smallest absolute Gasteiger partial charge is 0.411 e. The highest BCUT2D eigenvalue weighted by atomic mass is 19.1. The predicted octanol–water partition coefficient (Wildman–Crippen LogP) is 3.75. The fraction of sp³-hybridized carbons (Fsp3) is 0.192. The van der Waals surface area contributed by atoms with Gasteiger partial charge in [-0.15, -0.1) is 0 Å². The molecular formula is C26H23FN2O6. The van der Waals surface area contributed by atoms with Crippen LogP contribution in [-0.4, -0.2) is 46.9 Å². The Morgan fingerprint density at radius 3 is 2.17 bits per heavy atom. The fourth-order valence-electron chi connectivity index (χ4n) is 4.16. The maximum Gasteiger partial charge on any atom is 0.411 e. The molecule has 3 aromatic carbocycles. The summed E-state index contributed by atoms with van der Waals surface area (Å²) in [6, 6.07) is 17.2. The van der Waals surface area contributed by atoms with E-state index in [1.807, 2.05) is 48.5 Å². The molecule has 0 spiro atoms. The normalized spacial score (nSPS) is 13.8. The summed E-state index contributed by atoms with van der Waals surface area (Å²) < 4.78 is 19.5. The monoisotopic (exact) mass is 478 g/mol. The van der Waals surface area contributed by atoms with E-state index in [1.165, 1.54) is 13.0 Å². The van der Waals surface area contributed by atoms with Crippen molar-refractivity contribution in [1.29, 1.82) is 0 Å². The topological polar surface area (TPSA) is 125 Å². The van der Waals surface area contributed by atoms with Crippen LogP contribution in [0.3, 0.4) is 0 Å². The van der Waals surface area contributed by atoms with Crippen molar-refractivity contribution in [3.63, 3.8) is 0 Å². The van der Waals surface area contributed by atoms with Crippen LogP contribution in [0.15, 0.2) is 66.7 Å². The zero-order chi connectivity index (χ0) is 25.1. The third-order valence-corrected chi connectivity index (χ3v) is 5.79. The zero-order valence-corrected chi connectivity index (χ0v) is 18.7. The molecule has 4 rings (SSSR count). The van der Waals surface area contributed by atoms with Crippen LogP contribution < -0.4 is 10.6 Å². The van der Waals surface area contributed by atoms with Gasteiger partial charge in [-0.2, -0.15) is 0 Å². The molecule has 0 aromatic heterocycles. The minimum absolute atomic E-state index is 0.0451. The Hall–Kier alpha value is -4.24. The molecule has 0 saturated heterocycles. The van der Waals surface area contributed by atoms with Crippen molar-refractivity contribution in [1.82, 2.24) is 5.32 Å².